The molecule has 0 unspecified atom stereocenters. The molecule has 24 heavy (non-hydrogen) atoms. The van der Waals surface area contributed by atoms with Gasteiger partial charge in [0.05, 0.1) is 5.02 Å². The summed E-state index contributed by atoms with van der Waals surface area (Å²) in [7, 11) is 0. The molecule has 0 aliphatic heterocycles. The van der Waals surface area contributed by atoms with E-state index < -0.39 is 0 Å². The maximum atomic E-state index is 6.11. The molecule has 1 nitrogen and oxygen atoms in total. The number of benzene rings is 1. The summed E-state index contributed by atoms with van der Waals surface area (Å²) in [6, 6.07) is 11.3. The summed E-state index contributed by atoms with van der Waals surface area (Å²) >= 11 is 12.0. The van der Waals surface area contributed by atoms with Crippen LogP contribution in [-0.2, 0) is 6.42 Å². The van der Waals surface area contributed by atoms with E-state index in [-0.39, 0.29) is 0 Å². The molecule has 0 saturated heterocycles. The van der Waals surface area contributed by atoms with Gasteiger partial charge in [0.15, 0.2) is 0 Å². The average Bonchev–Trinajstić information content (AvgIpc) is 2.63. The first-order chi connectivity index (χ1) is 11.7. The highest BCUT2D eigenvalue weighted by molar-refractivity contribution is 6.41. The van der Waals surface area contributed by atoms with Crippen LogP contribution in [0.4, 0.5) is 0 Å². The van der Waals surface area contributed by atoms with Crippen LogP contribution in [0.25, 0.3) is 0 Å². The summed E-state index contributed by atoms with van der Waals surface area (Å²) in [5.41, 5.74) is 4.20. The topological polar surface area (TPSA) is 12.9 Å². The van der Waals surface area contributed by atoms with Gasteiger partial charge >= 0.3 is 0 Å². The van der Waals surface area contributed by atoms with Crippen molar-refractivity contribution in [2.45, 2.75) is 63.7 Å². The first-order valence-corrected chi connectivity index (χ1v) is 9.82. The predicted molar refractivity (Wildman–Crippen MR) is 103 cm³/mol. The zero-order valence-corrected chi connectivity index (χ0v) is 15.8. The summed E-state index contributed by atoms with van der Waals surface area (Å²) in [6.45, 7) is 2.25. The zero-order valence-electron chi connectivity index (χ0n) is 14.3. The lowest BCUT2D eigenvalue weighted by molar-refractivity contribution is 0.396. The SMILES string of the molecule is CCCCc1ccc([C@H]2CC[C@H](c3cnc(Cl)c(Cl)c3)CC2)cc1. The molecule has 1 aliphatic carbocycles. The zero-order chi connectivity index (χ0) is 16.9. The fraction of sp³-hybridized carbons (Fsp3) is 0.476. The predicted octanol–water partition coefficient (Wildman–Crippen LogP) is 7.17. The second-order valence-electron chi connectivity index (χ2n) is 6.93. The van der Waals surface area contributed by atoms with Gasteiger partial charge in [0.2, 0.25) is 0 Å². The minimum atomic E-state index is 0.400. The van der Waals surface area contributed by atoms with Crippen LogP contribution in [0.3, 0.4) is 0 Å². The van der Waals surface area contributed by atoms with Gasteiger partial charge in [-0.25, -0.2) is 4.98 Å². The van der Waals surface area contributed by atoms with Crippen LogP contribution in [-0.4, -0.2) is 4.98 Å². The summed E-state index contributed by atoms with van der Waals surface area (Å²) in [4.78, 5) is 4.20. The van der Waals surface area contributed by atoms with Crippen LogP contribution in [0.5, 0.6) is 0 Å². The largest absolute Gasteiger partial charge is 0.243 e. The Hall–Kier alpha value is -1.05. The Bertz CT molecular complexity index is 658. The molecule has 1 aliphatic rings. The van der Waals surface area contributed by atoms with Gasteiger partial charge in [0, 0.05) is 6.20 Å². The average molecular weight is 362 g/mol. The molecule has 0 atom stereocenters. The van der Waals surface area contributed by atoms with E-state index in [4.69, 9.17) is 23.2 Å². The first kappa shape index (κ1) is 17.8. The fourth-order valence-corrected chi connectivity index (χ4v) is 4.03. The van der Waals surface area contributed by atoms with Gasteiger partial charge in [-0.1, -0.05) is 60.8 Å². The number of halogens is 2. The molecule has 0 radical (unpaired) electrons. The van der Waals surface area contributed by atoms with Crippen molar-refractivity contribution >= 4 is 23.2 Å². The van der Waals surface area contributed by atoms with Crippen molar-refractivity contribution < 1.29 is 0 Å². The Kier molecular flexibility index (Phi) is 6.19. The van der Waals surface area contributed by atoms with Crippen molar-refractivity contribution in [2.75, 3.05) is 0 Å². The van der Waals surface area contributed by atoms with Crippen molar-refractivity contribution in [3.8, 4) is 0 Å². The van der Waals surface area contributed by atoms with E-state index >= 15 is 0 Å². The van der Waals surface area contributed by atoms with Crippen LogP contribution in [0, 0.1) is 0 Å². The molecule has 128 valence electrons. The number of unbranched alkanes of at least 4 members (excludes halogenated alkanes) is 1. The van der Waals surface area contributed by atoms with E-state index in [1.165, 1.54) is 61.6 Å². The van der Waals surface area contributed by atoms with Gasteiger partial charge in [0.1, 0.15) is 5.15 Å². The monoisotopic (exact) mass is 361 g/mol. The summed E-state index contributed by atoms with van der Waals surface area (Å²) < 4.78 is 0. The quantitative estimate of drug-likeness (QED) is 0.514. The molecular formula is C21H25Cl2N. The number of hydrogen-bond acceptors (Lipinski definition) is 1. The van der Waals surface area contributed by atoms with E-state index in [9.17, 15) is 0 Å². The van der Waals surface area contributed by atoms with Gasteiger partial charge in [-0.2, -0.15) is 0 Å². The molecule has 2 aromatic rings. The third kappa shape index (κ3) is 4.32. The molecule has 3 rings (SSSR count). The lowest BCUT2D eigenvalue weighted by Gasteiger charge is -2.29. The molecule has 0 bridgehead atoms. The van der Waals surface area contributed by atoms with Gasteiger partial charge in [-0.05, 0) is 73.1 Å². The molecule has 1 aromatic heterocycles. The van der Waals surface area contributed by atoms with Crippen LogP contribution in [0.2, 0.25) is 10.2 Å². The van der Waals surface area contributed by atoms with Crippen LogP contribution in [0.1, 0.15) is 74.0 Å². The van der Waals surface area contributed by atoms with Crippen molar-refractivity contribution in [1.29, 1.82) is 0 Å². The minimum absolute atomic E-state index is 0.400. The highest BCUT2D eigenvalue weighted by Crippen LogP contribution is 2.41. The number of pyridine rings is 1. The third-order valence-corrected chi connectivity index (χ3v) is 5.97. The van der Waals surface area contributed by atoms with E-state index in [1.807, 2.05) is 12.3 Å². The lowest BCUT2D eigenvalue weighted by Crippen LogP contribution is -2.12. The molecule has 0 amide bonds. The highest BCUT2D eigenvalue weighted by atomic mass is 35.5. The Morgan fingerprint density at radius 1 is 0.958 bits per heavy atom. The Morgan fingerprint density at radius 3 is 2.17 bits per heavy atom. The molecule has 1 saturated carbocycles. The maximum Gasteiger partial charge on any atom is 0.147 e. The second-order valence-corrected chi connectivity index (χ2v) is 7.70. The molecule has 0 spiro atoms. The van der Waals surface area contributed by atoms with Gasteiger partial charge in [-0.3, -0.25) is 0 Å². The number of rotatable bonds is 5. The number of nitrogens with zero attached hydrogens (tertiary/aromatic N) is 1. The Balaban J connectivity index is 1.59. The maximum absolute atomic E-state index is 6.11. The summed E-state index contributed by atoms with van der Waals surface area (Å²) in [5.74, 6) is 1.25. The molecule has 3 heteroatoms. The van der Waals surface area contributed by atoms with Crippen molar-refractivity contribution in [3.05, 3.63) is 63.4 Å². The number of aryl methyl sites for hydroxylation is 1. The molecule has 1 fully saturated rings. The molecular weight excluding hydrogens is 337 g/mol. The Morgan fingerprint density at radius 2 is 1.58 bits per heavy atom. The Labute approximate surface area is 155 Å². The van der Waals surface area contributed by atoms with E-state index in [0.717, 1.165) is 0 Å². The molecule has 0 N–H and O–H groups in total. The lowest BCUT2D eigenvalue weighted by atomic mass is 9.76. The van der Waals surface area contributed by atoms with Gasteiger partial charge < -0.3 is 0 Å². The molecule has 1 heterocycles. The van der Waals surface area contributed by atoms with E-state index in [0.29, 0.717) is 22.0 Å². The van der Waals surface area contributed by atoms with Crippen molar-refractivity contribution in [1.82, 2.24) is 4.98 Å². The van der Waals surface area contributed by atoms with E-state index in [2.05, 4.69) is 36.2 Å². The summed E-state index contributed by atoms with van der Waals surface area (Å²) in [6.07, 6.45) is 10.5. The van der Waals surface area contributed by atoms with Crippen molar-refractivity contribution in [2.24, 2.45) is 0 Å². The smallest absolute Gasteiger partial charge is 0.147 e. The standard InChI is InChI=1S/C21H25Cl2N/c1-2-3-4-15-5-7-16(8-6-15)17-9-11-18(12-10-17)19-13-20(22)21(23)24-14-19/h5-8,13-14,17-18H,2-4,9-12H2,1H3/t17-,18-. The first-order valence-electron chi connectivity index (χ1n) is 9.07. The van der Waals surface area contributed by atoms with Crippen LogP contribution >= 0.6 is 23.2 Å². The third-order valence-electron chi connectivity index (χ3n) is 5.29. The number of aromatic nitrogens is 1. The van der Waals surface area contributed by atoms with Gasteiger partial charge in [-0.15, -0.1) is 0 Å². The van der Waals surface area contributed by atoms with Gasteiger partial charge in [0.25, 0.3) is 0 Å². The normalized spacial score (nSPS) is 21.0. The van der Waals surface area contributed by atoms with Crippen molar-refractivity contribution in [3.63, 3.8) is 0 Å². The number of hydrogen-bond donors (Lipinski definition) is 0. The molecule has 1 aromatic carbocycles. The highest BCUT2D eigenvalue weighted by Gasteiger charge is 2.24. The fourth-order valence-electron chi connectivity index (χ4n) is 3.76. The minimum Gasteiger partial charge on any atom is -0.243 e. The van der Waals surface area contributed by atoms with Crippen LogP contribution in [0.15, 0.2) is 36.5 Å². The van der Waals surface area contributed by atoms with Crippen LogP contribution < -0.4 is 0 Å². The van der Waals surface area contributed by atoms with E-state index in [1.54, 1.807) is 0 Å². The summed E-state index contributed by atoms with van der Waals surface area (Å²) in [5, 5.41) is 0.969. The second kappa shape index (κ2) is 8.36.